The molecule has 1 rings (SSSR count). The van der Waals surface area contributed by atoms with E-state index in [1.807, 2.05) is 0 Å². The summed E-state index contributed by atoms with van der Waals surface area (Å²) >= 11 is 3.17. The zero-order chi connectivity index (χ0) is 12.5. The van der Waals surface area contributed by atoms with Crippen molar-refractivity contribution in [2.24, 2.45) is 0 Å². The molecule has 0 aliphatic carbocycles. The van der Waals surface area contributed by atoms with Gasteiger partial charge < -0.3 is 9.73 Å². The lowest BCUT2D eigenvalue weighted by Crippen LogP contribution is -2.23. The zero-order valence-corrected chi connectivity index (χ0v) is 11.9. The summed E-state index contributed by atoms with van der Waals surface area (Å²) in [4.78, 5) is 11.6. The minimum absolute atomic E-state index is 0.135. The summed E-state index contributed by atoms with van der Waals surface area (Å²) in [7, 11) is 0. The van der Waals surface area contributed by atoms with E-state index in [0.29, 0.717) is 10.4 Å². The van der Waals surface area contributed by atoms with Crippen molar-refractivity contribution in [3.05, 3.63) is 22.6 Å². The van der Waals surface area contributed by atoms with E-state index in [0.717, 1.165) is 13.0 Å². The third-order valence-corrected chi connectivity index (χ3v) is 3.04. The average molecular weight is 302 g/mol. The highest BCUT2D eigenvalue weighted by molar-refractivity contribution is 9.10. The summed E-state index contributed by atoms with van der Waals surface area (Å²) in [6.45, 7) is 2.94. The number of halogens is 1. The van der Waals surface area contributed by atoms with Gasteiger partial charge in [-0.1, -0.05) is 39.0 Å². The Morgan fingerprint density at radius 2 is 1.94 bits per heavy atom. The molecule has 0 saturated heterocycles. The topological polar surface area (TPSA) is 42.2 Å². The van der Waals surface area contributed by atoms with Crippen LogP contribution in [-0.4, -0.2) is 12.5 Å². The maximum atomic E-state index is 11.6. The van der Waals surface area contributed by atoms with Gasteiger partial charge in [-0.15, -0.1) is 0 Å². The first-order valence-electron chi connectivity index (χ1n) is 6.27. The van der Waals surface area contributed by atoms with Gasteiger partial charge in [-0.05, 0) is 34.5 Å². The number of unbranched alkanes of at least 4 members (excludes halogenated alkanes) is 5. The fourth-order valence-corrected chi connectivity index (χ4v) is 1.94. The Bertz CT molecular complexity index is 336. The highest BCUT2D eigenvalue weighted by Gasteiger charge is 2.08. The number of carbonyl (C=O) groups is 1. The molecule has 0 radical (unpaired) electrons. The van der Waals surface area contributed by atoms with Gasteiger partial charge in [-0.2, -0.15) is 0 Å². The minimum atomic E-state index is -0.135. The van der Waals surface area contributed by atoms with Gasteiger partial charge in [0.1, 0.15) is 0 Å². The molecule has 0 spiro atoms. The number of carbonyl (C=O) groups excluding carboxylic acids is 1. The number of hydrogen-bond acceptors (Lipinski definition) is 2. The summed E-state index contributed by atoms with van der Waals surface area (Å²) in [5.74, 6) is 0.229. The van der Waals surface area contributed by atoms with Crippen LogP contribution in [0.15, 0.2) is 21.2 Å². The van der Waals surface area contributed by atoms with E-state index in [-0.39, 0.29) is 5.91 Å². The lowest BCUT2D eigenvalue weighted by Gasteiger charge is -2.03. The van der Waals surface area contributed by atoms with Gasteiger partial charge in [-0.25, -0.2) is 0 Å². The van der Waals surface area contributed by atoms with Crippen molar-refractivity contribution >= 4 is 21.8 Å². The maximum Gasteiger partial charge on any atom is 0.287 e. The SMILES string of the molecule is CCCCCCCCNC(=O)c1ccc(Br)o1. The number of rotatable bonds is 8. The average Bonchev–Trinajstić information content (AvgIpc) is 2.74. The fraction of sp³-hybridized carbons (Fsp3) is 0.615. The van der Waals surface area contributed by atoms with Crippen LogP contribution in [0.25, 0.3) is 0 Å². The molecule has 96 valence electrons. The van der Waals surface area contributed by atoms with Crippen molar-refractivity contribution in [3.63, 3.8) is 0 Å². The molecule has 0 aliphatic rings. The number of nitrogens with one attached hydrogen (secondary N) is 1. The van der Waals surface area contributed by atoms with Crippen LogP contribution in [0.5, 0.6) is 0 Å². The Balaban J connectivity index is 2.05. The first-order chi connectivity index (χ1) is 8.24. The van der Waals surface area contributed by atoms with Gasteiger partial charge in [0.05, 0.1) is 0 Å². The van der Waals surface area contributed by atoms with E-state index >= 15 is 0 Å². The van der Waals surface area contributed by atoms with E-state index < -0.39 is 0 Å². The molecule has 17 heavy (non-hydrogen) atoms. The molecule has 0 atom stereocenters. The molecule has 0 aromatic carbocycles. The molecule has 1 aromatic rings. The second-order valence-electron chi connectivity index (χ2n) is 4.13. The number of furan rings is 1. The molecule has 0 saturated carbocycles. The monoisotopic (exact) mass is 301 g/mol. The summed E-state index contributed by atoms with van der Waals surface area (Å²) in [6.07, 6.45) is 7.36. The Labute approximate surface area is 111 Å². The van der Waals surface area contributed by atoms with Gasteiger partial charge in [0.2, 0.25) is 0 Å². The van der Waals surface area contributed by atoms with Crippen molar-refractivity contribution in [1.29, 1.82) is 0 Å². The molecule has 1 N–H and O–H groups in total. The molecule has 3 nitrogen and oxygen atoms in total. The van der Waals surface area contributed by atoms with Crippen LogP contribution >= 0.6 is 15.9 Å². The van der Waals surface area contributed by atoms with Crippen molar-refractivity contribution in [3.8, 4) is 0 Å². The molecule has 1 heterocycles. The van der Waals surface area contributed by atoms with Crippen LogP contribution in [0.3, 0.4) is 0 Å². The number of amides is 1. The molecular weight excluding hydrogens is 282 g/mol. The summed E-state index contributed by atoms with van der Waals surface area (Å²) in [5, 5.41) is 2.85. The second kappa shape index (κ2) is 8.34. The fourth-order valence-electron chi connectivity index (χ4n) is 1.63. The van der Waals surface area contributed by atoms with E-state index in [1.54, 1.807) is 12.1 Å². The molecular formula is C13H20BrNO2. The third kappa shape index (κ3) is 5.91. The normalized spacial score (nSPS) is 10.5. The van der Waals surface area contributed by atoms with Gasteiger partial charge in [0.25, 0.3) is 5.91 Å². The highest BCUT2D eigenvalue weighted by atomic mass is 79.9. The predicted molar refractivity (Wildman–Crippen MR) is 72.1 cm³/mol. The maximum absolute atomic E-state index is 11.6. The second-order valence-corrected chi connectivity index (χ2v) is 4.91. The first-order valence-corrected chi connectivity index (χ1v) is 7.07. The van der Waals surface area contributed by atoms with Crippen LogP contribution in [0.1, 0.15) is 56.0 Å². The van der Waals surface area contributed by atoms with Crippen molar-refractivity contribution in [1.82, 2.24) is 5.32 Å². The largest absolute Gasteiger partial charge is 0.444 e. The summed E-state index contributed by atoms with van der Waals surface area (Å²) in [6, 6.07) is 3.39. The Kier molecular flexibility index (Phi) is 7.01. The number of hydrogen-bond donors (Lipinski definition) is 1. The Morgan fingerprint density at radius 3 is 2.59 bits per heavy atom. The molecule has 1 amide bonds. The highest BCUT2D eigenvalue weighted by Crippen LogP contribution is 2.13. The first kappa shape index (κ1) is 14.3. The minimum Gasteiger partial charge on any atom is -0.444 e. The summed E-state index contributed by atoms with van der Waals surface area (Å²) < 4.78 is 5.75. The van der Waals surface area contributed by atoms with E-state index in [2.05, 4.69) is 28.2 Å². The molecule has 0 unspecified atom stereocenters. The van der Waals surface area contributed by atoms with Crippen LogP contribution in [0, 0.1) is 0 Å². The van der Waals surface area contributed by atoms with E-state index in [9.17, 15) is 4.79 Å². The van der Waals surface area contributed by atoms with Crippen LogP contribution in [-0.2, 0) is 0 Å². The van der Waals surface area contributed by atoms with Crippen molar-refractivity contribution in [2.75, 3.05) is 6.54 Å². The Morgan fingerprint density at radius 1 is 1.24 bits per heavy atom. The van der Waals surface area contributed by atoms with Gasteiger partial charge in [0.15, 0.2) is 10.4 Å². The predicted octanol–water partition coefficient (Wildman–Crippen LogP) is 4.13. The standard InChI is InChI=1S/C13H20BrNO2/c1-2-3-4-5-6-7-10-15-13(16)11-8-9-12(14)17-11/h8-9H,2-7,10H2,1H3,(H,15,16). The molecule has 0 aliphatic heterocycles. The molecule has 0 fully saturated rings. The van der Waals surface area contributed by atoms with Crippen molar-refractivity contribution < 1.29 is 9.21 Å². The lowest BCUT2D eigenvalue weighted by molar-refractivity contribution is 0.0924. The smallest absolute Gasteiger partial charge is 0.287 e. The van der Waals surface area contributed by atoms with Gasteiger partial charge >= 0.3 is 0 Å². The Hall–Kier alpha value is -0.770. The zero-order valence-electron chi connectivity index (χ0n) is 10.3. The van der Waals surface area contributed by atoms with Crippen molar-refractivity contribution in [2.45, 2.75) is 45.4 Å². The van der Waals surface area contributed by atoms with Crippen LogP contribution in [0.2, 0.25) is 0 Å². The third-order valence-electron chi connectivity index (χ3n) is 2.61. The van der Waals surface area contributed by atoms with Gasteiger partial charge in [0, 0.05) is 6.54 Å². The van der Waals surface area contributed by atoms with E-state index in [1.165, 1.54) is 32.1 Å². The lowest BCUT2D eigenvalue weighted by atomic mass is 10.1. The van der Waals surface area contributed by atoms with Crippen LogP contribution < -0.4 is 5.32 Å². The van der Waals surface area contributed by atoms with E-state index in [4.69, 9.17) is 4.42 Å². The molecule has 1 aromatic heterocycles. The molecule has 4 heteroatoms. The quantitative estimate of drug-likeness (QED) is 0.734. The van der Waals surface area contributed by atoms with Gasteiger partial charge in [-0.3, -0.25) is 4.79 Å². The summed E-state index contributed by atoms with van der Waals surface area (Å²) in [5.41, 5.74) is 0. The molecule has 0 bridgehead atoms. The van der Waals surface area contributed by atoms with Crippen LogP contribution in [0.4, 0.5) is 0 Å².